The fraction of sp³-hybridized carbons (Fsp3) is 0.909. The lowest BCUT2D eigenvalue weighted by Crippen LogP contribution is -2.50. The van der Waals surface area contributed by atoms with Gasteiger partial charge in [0, 0.05) is 25.9 Å². The molecule has 3 heterocycles. The van der Waals surface area contributed by atoms with Gasteiger partial charge in [0.25, 0.3) is 0 Å². The molecule has 0 radical (unpaired) electrons. The summed E-state index contributed by atoms with van der Waals surface area (Å²) in [5.41, 5.74) is 0. The minimum Gasteiger partial charge on any atom is -0.446 e. The summed E-state index contributed by atoms with van der Waals surface area (Å²) >= 11 is 0. The second kappa shape index (κ2) is 4.30. The zero-order valence-electron chi connectivity index (χ0n) is 8.87. The Balaban J connectivity index is 1.83. The summed E-state index contributed by atoms with van der Waals surface area (Å²) in [5.74, 6) is 0.782. The lowest BCUT2D eigenvalue weighted by Gasteiger charge is -2.44. The number of rotatable bonds is 3. The number of ether oxygens (including phenoxy) is 1. The molecule has 0 N–H and O–H groups in total. The largest absolute Gasteiger partial charge is 0.446 e. The van der Waals surface area contributed by atoms with E-state index in [1.54, 1.807) is 0 Å². The van der Waals surface area contributed by atoms with E-state index >= 15 is 0 Å². The van der Waals surface area contributed by atoms with E-state index in [1.165, 1.54) is 12.8 Å². The lowest BCUT2D eigenvalue weighted by atomic mass is 9.87. The van der Waals surface area contributed by atoms with Gasteiger partial charge in [-0.3, -0.25) is 9.69 Å². The SMILES string of the molecule is CCCC(=O)OC1CC2CCN1CC2. The first-order valence-electron chi connectivity index (χ1n) is 5.73. The fourth-order valence-corrected chi connectivity index (χ4v) is 2.45. The summed E-state index contributed by atoms with van der Waals surface area (Å²) in [5, 5.41) is 0. The second-order valence-electron chi connectivity index (χ2n) is 4.41. The minimum absolute atomic E-state index is 0.0231. The number of fused-ring (bicyclic) bond motifs is 3. The molecule has 0 spiro atoms. The predicted molar refractivity (Wildman–Crippen MR) is 53.7 cm³/mol. The van der Waals surface area contributed by atoms with Crippen LogP contribution in [0.1, 0.15) is 39.0 Å². The van der Waals surface area contributed by atoms with Crippen LogP contribution in [0.25, 0.3) is 0 Å². The van der Waals surface area contributed by atoms with Gasteiger partial charge < -0.3 is 4.74 Å². The van der Waals surface area contributed by atoms with E-state index in [-0.39, 0.29) is 12.2 Å². The van der Waals surface area contributed by atoms with Gasteiger partial charge >= 0.3 is 5.97 Å². The molecule has 3 rings (SSSR count). The number of carbonyl (C=O) groups excluding carboxylic acids is 1. The first-order chi connectivity index (χ1) is 6.79. The molecule has 14 heavy (non-hydrogen) atoms. The van der Waals surface area contributed by atoms with Gasteiger partial charge in [0.15, 0.2) is 6.23 Å². The fourth-order valence-electron chi connectivity index (χ4n) is 2.45. The van der Waals surface area contributed by atoms with Gasteiger partial charge in [-0.2, -0.15) is 0 Å². The third kappa shape index (κ3) is 2.08. The first-order valence-corrected chi connectivity index (χ1v) is 5.73. The molecule has 0 aromatic heterocycles. The summed E-state index contributed by atoms with van der Waals surface area (Å²) in [7, 11) is 0. The molecule has 0 amide bonds. The van der Waals surface area contributed by atoms with Crippen LogP contribution in [0.2, 0.25) is 0 Å². The van der Waals surface area contributed by atoms with Crippen LogP contribution in [0.3, 0.4) is 0 Å². The van der Waals surface area contributed by atoms with Gasteiger partial charge in [-0.05, 0) is 25.2 Å². The van der Waals surface area contributed by atoms with Crippen LogP contribution < -0.4 is 0 Å². The van der Waals surface area contributed by atoms with Gasteiger partial charge in [0.2, 0.25) is 0 Å². The topological polar surface area (TPSA) is 29.5 Å². The average molecular weight is 197 g/mol. The highest BCUT2D eigenvalue weighted by molar-refractivity contribution is 5.69. The molecule has 0 saturated carbocycles. The third-order valence-corrected chi connectivity index (χ3v) is 3.31. The van der Waals surface area contributed by atoms with Crippen molar-refractivity contribution in [2.45, 2.75) is 45.3 Å². The molecule has 80 valence electrons. The van der Waals surface area contributed by atoms with Crippen LogP contribution >= 0.6 is 0 Å². The molecule has 1 unspecified atom stereocenters. The van der Waals surface area contributed by atoms with Gasteiger partial charge in [0.05, 0.1) is 0 Å². The van der Waals surface area contributed by atoms with Crippen molar-refractivity contribution in [3.8, 4) is 0 Å². The second-order valence-corrected chi connectivity index (χ2v) is 4.41. The molecule has 3 aliphatic rings. The van der Waals surface area contributed by atoms with Crippen LogP contribution in [0.5, 0.6) is 0 Å². The van der Waals surface area contributed by atoms with Crippen molar-refractivity contribution in [2.75, 3.05) is 13.1 Å². The van der Waals surface area contributed by atoms with Crippen molar-refractivity contribution >= 4 is 5.97 Å². The molecule has 0 aromatic rings. The molecule has 0 aliphatic carbocycles. The van der Waals surface area contributed by atoms with Crippen molar-refractivity contribution in [3.63, 3.8) is 0 Å². The molecule has 3 heteroatoms. The number of hydrogen-bond acceptors (Lipinski definition) is 3. The van der Waals surface area contributed by atoms with E-state index in [4.69, 9.17) is 4.74 Å². The normalized spacial score (nSPS) is 35.6. The monoisotopic (exact) mass is 197 g/mol. The third-order valence-electron chi connectivity index (χ3n) is 3.31. The number of piperidine rings is 3. The number of nitrogens with zero attached hydrogens (tertiary/aromatic N) is 1. The highest BCUT2D eigenvalue weighted by Crippen LogP contribution is 2.32. The molecular formula is C11H19NO2. The van der Waals surface area contributed by atoms with E-state index in [2.05, 4.69) is 4.90 Å². The van der Waals surface area contributed by atoms with Crippen LogP contribution in [-0.4, -0.2) is 30.2 Å². The van der Waals surface area contributed by atoms with Gasteiger partial charge in [0.1, 0.15) is 0 Å². The summed E-state index contributed by atoms with van der Waals surface area (Å²) in [4.78, 5) is 13.7. The van der Waals surface area contributed by atoms with Crippen molar-refractivity contribution in [1.29, 1.82) is 0 Å². The molecule has 3 aliphatic heterocycles. The Morgan fingerprint density at radius 3 is 2.64 bits per heavy atom. The molecule has 3 saturated heterocycles. The Bertz CT molecular complexity index is 209. The van der Waals surface area contributed by atoms with Crippen LogP contribution in [0, 0.1) is 5.92 Å². The number of hydrogen-bond donors (Lipinski definition) is 0. The van der Waals surface area contributed by atoms with Gasteiger partial charge in [-0.1, -0.05) is 6.92 Å². The molecule has 3 nitrogen and oxygen atoms in total. The number of esters is 1. The maximum absolute atomic E-state index is 11.3. The molecule has 0 aromatic carbocycles. The summed E-state index contributed by atoms with van der Waals surface area (Å²) in [6, 6.07) is 0. The maximum Gasteiger partial charge on any atom is 0.307 e. The van der Waals surface area contributed by atoms with Crippen molar-refractivity contribution in [2.24, 2.45) is 5.92 Å². The predicted octanol–water partition coefficient (Wildman–Crippen LogP) is 1.77. The van der Waals surface area contributed by atoms with E-state index in [9.17, 15) is 4.79 Å². The van der Waals surface area contributed by atoms with E-state index in [1.807, 2.05) is 6.92 Å². The van der Waals surface area contributed by atoms with Crippen molar-refractivity contribution < 1.29 is 9.53 Å². The summed E-state index contributed by atoms with van der Waals surface area (Å²) in [6.45, 7) is 4.25. The Morgan fingerprint density at radius 2 is 2.14 bits per heavy atom. The lowest BCUT2D eigenvalue weighted by molar-refractivity contribution is -0.170. The highest BCUT2D eigenvalue weighted by Gasteiger charge is 2.35. The Morgan fingerprint density at radius 1 is 1.43 bits per heavy atom. The summed E-state index contributed by atoms with van der Waals surface area (Å²) in [6.07, 6.45) is 5.20. The molecule has 3 fully saturated rings. The standard InChI is InChI=1S/C11H19NO2/c1-2-3-11(13)14-10-8-9-4-6-12(10)7-5-9/h9-10H,2-8H2,1H3. The maximum atomic E-state index is 11.3. The smallest absolute Gasteiger partial charge is 0.307 e. The average Bonchev–Trinajstić information content (AvgIpc) is 2.19. The Hall–Kier alpha value is -0.570. The van der Waals surface area contributed by atoms with Crippen molar-refractivity contribution in [3.05, 3.63) is 0 Å². The van der Waals surface area contributed by atoms with E-state index in [0.717, 1.165) is 31.8 Å². The van der Waals surface area contributed by atoms with E-state index < -0.39 is 0 Å². The van der Waals surface area contributed by atoms with Crippen molar-refractivity contribution in [1.82, 2.24) is 4.90 Å². The van der Waals surface area contributed by atoms with Crippen LogP contribution in [-0.2, 0) is 9.53 Å². The highest BCUT2D eigenvalue weighted by atomic mass is 16.6. The first kappa shape index (κ1) is 9.97. The zero-order chi connectivity index (χ0) is 9.97. The summed E-state index contributed by atoms with van der Waals surface area (Å²) < 4.78 is 5.45. The van der Waals surface area contributed by atoms with Crippen LogP contribution in [0.15, 0.2) is 0 Å². The van der Waals surface area contributed by atoms with Crippen LogP contribution in [0.4, 0.5) is 0 Å². The molecule has 1 atom stereocenters. The Kier molecular flexibility index (Phi) is 3.06. The minimum atomic E-state index is -0.0231. The quantitative estimate of drug-likeness (QED) is 0.646. The van der Waals surface area contributed by atoms with Gasteiger partial charge in [-0.25, -0.2) is 0 Å². The van der Waals surface area contributed by atoms with Gasteiger partial charge in [-0.15, -0.1) is 0 Å². The van der Waals surface area contributed by atoms with E-state index in [0.29, 0.717) is 6.42 Å². The molecule has 2 bridgehead atoms. The zero-order valence-corrected chi connectivity index (χ0v) is 8.87. The molecular weight excluding hydrogens is 178 g/mol. The number of carbonyl (C=O) groups is 1. The Labute approximate surface area is 85.4 Å².